The van der Waals surface area contributed by atoms with Gasteiger partial charge in [0.1, 0.15) is 23.4 Å². The first-order chi connectivity index (χ1) is 12.9. The van der Waals surface area contributed by atoms with Gasteiger partial charge >= 0.3 is 6.36 Å². The van der Waals surface area contributed by atoms with Gasteiger partial charge in [-0.2, -0.15) is 0 Å². The summed E-state index contributed by atoms with van der Waals surface area (Å²) in [6.07, 6.45) is 4.06. The Morgan fingerprint density at radius 2 is 1.74 bits per heavy atom. The van der Waals surface area contributed by atoms with Gasteiger partial charge in [-0.15, -0.1) is 13.2 Å². The van der Waals surface area contributed by atoms with Crippen LogP contribution in [0.4, 0.5) is 18.9 Å². The Hall–Kier alpha value is -2.57. The average Bonchev–Trinajstić information content (AvgIpc) is 2.61. The number of phenols is 1. The number of anilines is 1. The van der Waals surface area contributed by atoms with Crippen LogP contribution in [0.1, 0.15) is 25.7 Å². The molecule has 1 heterocycles. The molecule has 1 aliphatic heterocycles. The molecule has 2 aliphatic rings. The molecule has 1 N–H and O–H groups in total. The Balaban J connectivity index is 1.56. The number of ether oxygens (including phenoxy) is 2. The van der Waals surface area contributed by atoms with Gasteiger partial charge in [0.2, 0.25) is 0 Å². The number of benzene rings is 1. The van der Waals surface area contributed by atoms with Crippen molar-refractivity contribution in [3.63, 3.8) is 0 Å². The topological polar surface area (TPSA) is 41.9 Å². The summed E-state index contributed by atoms with van der Waals surface area (Å²) in [4.78, 5) is 2.22. The number of hydrogen-bond donors (Lipinski definition) is 1. The third-order valence-corrected chi connectivity index (χ3v) is 4.48. The molecule has 0 amide bonds. The van der Waals surface area contributed by atoms with Crippen molar-refractivity contribution in [1.82, 2.24) is 0 Å². The molecule has 146 valence electrons. The molecular weight excluding hydrogens is 359 g/mol. The largest absolute Gasteiger partial charge is 0.572 e. The van der Waals surface area contributed by atoms with Crippen LogP contribution in [0.25, 0.3) is 0 Å². The number of nitrogens with zero attached hydrogens (tertiary/aromatic N) is 1. The Bertz CT molecular complexity index is 715. The molecule has 0 unspecified atom stereocenters. The molecular formula is C20H22F3NO3. The van der Waals surface area contributed by atoms with E-state index in [0.717, 1.165) is 31.6 Å². The van der Waals surface area contributed by atoms with Crippen molar-refractivity contribution in [2.45, 2.75) is 38.1 Å². The fourth-order valence-corrected chi connectivity index (χ4v) is 3.14. The lowest BCUT2D eigenvalue weighted by Gasteiger charge is -2.34. The summed E-state index contributed by atoms with van der Waals surface area (Å²) in [7, 11) is 0. The van der Waals surface area contributed by atoms with Crippen LogP contribution >= 0.6 is 0 Å². The smallest absolute Gasteiger partial charge is 0.508 e. The van der Waals surface area contributed by atoms with Gasteiger partial charge in [-0.05, 0) is 48.9 Å². The van der Waals surface area contributed by atoms with Crippen molar-refractivity contribution < 1.29 is 27.8 Å². The van der Waals surface area contributed by atoms with E-state index in [0.29, 0.717) is 12.2 Å². The zero-order valence-corrected chi connectivity index (χ0v) is 14.8. The van der Waals surface area contributed by atoms with Gasteiger partial charge in [0.25, 0.3) is 0 Å². The Morgan fingerprint density at radius 1 is 1.04 bits per heavy atom. The number of alkyl halides is 3. The highest BCUT2D eigenvalue weighted by Gasteiger charge is 2.31. The highest BCUT2D eigenvalue weighted by Crippen LogP contribution is 2.27. The first-order valence-electron chi connectivity index (χ1n) is 8.93. The lowest BCUT2D eigenvalue weighted by atomic mass is 10.1. The molecule has 7 heteroatoms. The molecule has 1 saturated heterocycles. The number of rotatable bonds is 4. The third-order valence-electron chi connectivity index (χ3n) is 4.48. The van der Waals surface area contributed by atoms with Gasteiger partial charge in [-0.3, -0.25) is 0 Å². The van der Waals surface area contributed by atoms with E-state index in [1.807, 2.05) is 12.1 Å². The van der Waals surface area contributed by atoms with E-state index in [4.69, 9.17) is 4.74 Å². The van der Waals surface area contributed by atoms with Gasteiger partial charge in [-0.25, -0.2) is 0 Å². The Labute approximate surface area is 156 Å². The van der Waals surface area contributed by atoms with E-state index in [2.05, 4.69) is 9.64 Å². The van der Waals surface area contributed by atoms with E-state index >= 15 is 0 Å². The summed E-state index contributed by atoms with van der Waals surface area (Å²) in [5, 5.41) is 9.38. The molecule has 0 atom stereocenters. The normalized spacial score (nSPS) is 24.0. The maximum absolute atomic E-state index is 12.4. The summed E-state index contributed by atoms with van der Waals surface area (Å²) in [5.74, 6) is 0.665. The second kappa shape index (κ2) is 8.41. The maximum atomic E-state index is 12.4. The minimum absolute atomic E-state index is 0.00840. The van der Waals surface area contributed by atoms with E-state index in [9.17, 15) is 18.3 Å². The van der Waals surface area contributed by atoms with Crippen molar-refractivity contribution >= 4 is 5.69 Å². The van der Waals surface area contributed by atoms with Crippen molar-refractivity contribution in [2.75, 3.05) is 18.0 Å². The van der Waals surface area contributed by atoms with Crippen LogP contribution in [0.2, 0.25) is 0 Å². The number of allylic oxidation sites excluding steroid dienone is 5. The SMILES string of the molecule is Oc1ccc(N2CCC(OC3=C/C=C(/OC(F)(F)F)CC/C=C\3)CC2)cc1. The molecule has 4 nitrogen and oxygen atoms in total. The minimum Gasteiger partial charge on any atom is -0.508 e. The first-order valence-corrected chi connectivity index (χ1v) is 8.93. The standard InChI is InChI=1S/C20H22F3NO3/c21-20(22,23)27-19-4-2-1-3-17(9-10-19)26-18-11-13-24(14-12-18)15-5-7-16(25)8-6-15/h1,3,5-10,18,25H,2,4,11-14H2/b3-1-,17-9+,19-10+. The van der Waals surface area contributed by atoms with Gasteiger partial charge in [-0.1, -0.05) is 6.08 Å². The quantitative estimate of drug-likeness (QED) is 0.794. The van der Waals surface area contributed by atoms with Crippen LogP contribution in [0.15, 0.2) is 60.1 Å². The van der Waals surface area contributed by atoms with Crippen LogP contribution in [0.3, 0.4) is 0 Å². The maximum Gasteiger partial charge on any atom is 0.572 e. The van der Waals surface area contributed by atoms with Gasteiger partial charge in [0.15, 0.2) is 0 Å². The van der Waals surface area contributed by atoms with E-state index in [-0.39, 0.29) is 24.0 Å². The number of hydrogen-bond acceptors (Lipinski definition) is 4. The lowest BCUT2D eigenvalue weighted by Crippen LogP contribution is -2.36. The molecule has 1 aliphatic carbocycles. The number of piperidine rings is 1. The molecule has 3 rings (SSSR count). The van der Waals surface area contributed by atoms with Crippen LogP contribution in [-0.2, 0) is 9.47 Å². The van der Waals surface area contributed by atoms with Crippen LogP contribution in [0, 0.1) is 0 Å². The fourth-order valence-electron chi connectivity index (χ4n) is 3.14. The molecule has 0 bridgehead atoms. The van der Waals surface area contributed by atoms with Gasteiger partial charge < -0.3 is 19.5 Å². The zero-order valence-electron chi connectivity index (χ0n) is 14.8. The van der Waals surface area contributed by atoms with E-state index < -0.39 is 6.36 Å². The number of phenolic OH excluding ortho intramolecular Hbond substituents is 1. The number of aromatic hydroxyl groups is 1. The van der Waals surface area contributed by atoms with Crippen molar-refractivity contribution in [1.29, 1.82) is 0 Å². The van der Waals surface area contributed by atoms with Gasteiger partial charge in [0, 0.05) is 38.0 Å². The summed E-state index contributed by atoms with van der Waals surface area (Å²) >= 11 is 0. The Kier molecular flexibility index (Phi) is 5.98. The molecule has 27 heavy (non-hydrogen) atoms. The van der Waals surface area contributed by atoms with Crippen molar-refractivity contribution in [3.05, 3.63) is 60.1 Å². The van der Waals surface area contributed by atoms with Crippen LogP contribution in [0.5, 0.6) is 5.75 Å². The van der Waals surface area contributed by atoms with Crippen LogP contribution in [-0.4, -0.2) is 30.7 Å². The van der Waals surface area contributed by atoms with Crippen molar-refractivity contribution in [2.24, 2.45) is 0 Å². The second-order valence-corrected chi connectivity index (χ2v) is 6.51. The molecule has 1 aromatic carbocycles. The fraction of sp³-hybridized carbons (Fsp3) is 0.400. The highest BCUT2D eigenvalue weighted by atomic mass is 19.4. The van der Waals surface area contributed by atoms with Gasteiger partial charge in [0.05, 0.1) is 0 Å². The third kappa shape index (κ3) is 5.98. The molecule has 0 radical (unpaired) electrons. The summed E-state index contributed by atoms with van der Waals surface area (Å²) in [6.45, 7) is 1.62. The molecule has 1 aromatic rings. The molecule has 1 fully saturated rings. The van der Waals surface area contributed by atoms with Crippen LogP contribution < -0.4 is 4.90 Å². The summed E-state index contributed by atoms with van der Waals surface area (Å²) in [5.41, 5.74) is 1.05. The predicted octanol–water partition coefficient (Wildman–Crippen LogP) is 5.03. The molecule has 0 saturated carbocycles. The highest BCUT2D eigenvalue weighted by molar-refractivity contribution is 5.49. The number of halogens is 3. The average molecular weight is 381 g/mol. The monoisotopic (exact) mass is 381 g/mol. The summed E-state index contributed by atoms with van der Waals surface area (Å²) < 4.78 is 47.2. The van der Waals surface area contributed by atoms with Crippen molar-refractivity contribution in [3.8, 4) is 5.75 Å². The summed E-state index contributed by atoms with van der Waals surface area (Å²) in [6, 6.07) is 7.08. The van der Waals surface area contributed by atoms with E-state index in [1.165, 1.54) is 12.2 Å². The predicted molar refractivity (Wildman–Crippen MR) is 96.1 cm³/mol. The minimum atomic E-state index is -4.68. The van der Waals surface area contributed by atoms with E-state index in [1.54, 1.807) is 24.3 Å². The lowest BCUT2D eigenvalue weighted by molar-refractivity contribution is -0.306. The molecule has 0 spiro atoms. The molecule has 0 aromatic heterocycles. The first kappa shape index (κ1) is 19.2. The Morgan fingerprint density at radius 3 is 2.41 bits per heavy atom. The second-order valence-electron chi connectivity index (χ2n) is 6.51. The zero-order chi connectivity index (χ0) is 19.3.